The summed E-state index contributed by atoms with van der Waals surface area (Å²) >= 11 is 3.49. The summed E-state index contributed by atoms with van der Waals surface area (Å²) in [6.45, 7) is 5.41. The maximum Gasteiger partial charge on any atom is 0.174 e. The third-order valence-corrected chi connectivity index (χ3v) is 3.47. The van der Waals surface area contributed by atoms with Gasteiger partial charge in [0.2, 0.25) is 0 Å². The van der Waals surface area contributed by atoms with E-state index in [1.807, 2.05) is 26.0 Å². The SMILES string of the molecule is CCOc1cc(CN[C@@H](CC)CO)cc(Br)c1OC. The van der Waals surface area contributed by atoms with Crippen molar-refractivity contribution in [3.05, 3.63) is 22.2 Å². The van der Waals surface area contributed by atoms with Gasteiger partial charge in [0.05, 0.1) is 24.8 Å². The molecular weight excluding hydrogens is 310 g/mol. The number of benzene rings is 1. The van der Waals surface area contributed by atoms with Gasteiger partial charge in [-0.1, -0.05) is 6.92 Å². The standard InChI is InChI=1S/C14H22BrNO3/c1-4-11(9-17)16-8-10-6-12(15)14(18-3)13(7-10)19-5-2/h6-7,11,16-17H,4-5,8-9H2,1-3H3/t11-/m0/s1. The molecule has 0 aliphatic heterocycles. The van der Waals surface area contributed by atoms with Crippen LogP contribution in [-0.4, -0.2) is 31.5 Å². The summed E-state index contributed by atoms with van der Waals surface area (Å²) in [6, 6.07) is 4.08. The van der Waals surface area contributed by atoms with Gasteiger partial charge in [-0.25, -0.2) is 0 Å². The van der Waals surface area contributed by atoms with Crippen molar-refractivity contribution in [2.75, 3.05) is 20.3 Å². The van der Waals surface area contributed by atoms with Crippen molar-refractivity contribution in [3.8, 4) is 11.5 Å². The van der Waals surface area contributed by atoms with E-state index in [4.69, 9.17) is 14.6 Å². The molecule has 0 unspecified atom stereocenters. The van der Waals surface area contributed by atoms with E-state index < -0.39 is 0 Å². The Labute approximate surface area is 123 Å². The molecule has 0 amide bonds. The lowest BCUT2D eigenvalue weighted by Gasteiger charge is -2.16. The molecule has 0 saturated heterocycles. The Morgan fingerprint density at radius 3 is 2.63 bits per heavy atom. The number of aliphatic hydroxyl groups is 1. The number of methoxy groups -OCH3 is 1. The third kappa shape index (κ3) is 4.67. The average Bonchev–Trinajstić information content (AvgIpc) is 2.40. The van der Waals surface area contributed by atoms with Gasteiger partial charge in [-0.2, -0.15) is 0 Å². The fourth-order valence-electron chi connectivity index (χ4n) is 1.78. The van der Waals surface area contributed by atoms with E-state index in [0.717, 1.165) is 22.2 Å². The lowest BCUT2D eigenvalue weighted by molar-refractivity contribution is 0.238. The molecule has 5 heteroatoms. The summed E-state index contributed by atoms with van der Waals surface area (Å²) in [5.74, 6) is 1.44. The minimum absolute atomic E-state index is 0.122. The van der Waals surface area contributed by atoms with Gasteiger partial charge in [0.15, 0.2) is 11.5 Å². The van der Waals surface area contributed by atoms with E-state index in [-0.39, 0.29) is 12.6 Å². The van der Waals surface area contributed by atoms with Crippen molar-refractivity contribution in [1.29, 1.82) is 0 Å². The monoisotopic (exact) mass is 331 g/mol. The highest BCUT2D eigenvalue weighted by atomic mass is 79.9. The number of rotatable bonds is 8. The Kier molecular flexibility index (Phi) is 7.20. The number of nitrogens with one attached hydrogen (secondary N) is 1. The van der Waals surface area contributed by atoms with Crippen LogP contribution in [-0.2, 0) is 6.54 Å². The van der Waals surface area contributed by atoms with Gasteiger partial charge >= 0.3 is 0 Å². The van der Waals surface area contributed by atoms with Gasteiger partial charge < -0.3 is 19.9 Å². The molecule has 2 N–H and O–H groups in total. The fourth-order valence-corrected chi connectivity index (χ4v) is 2.44. The Hall–Kier alpha value is -0.780. The highest BCUT2D eigenvalue weighted by molar-refractivity contribution is 9.10. The molecule has 4 nitrogen and oxygen atoms in total. The van der Waals surface area contributed by atoms with Crippen LogP contribution in [0.15, 0.2) is 16.6 Å². The topological polar surface area (TPSA) is 50.7 Å². The van der Waals surface area contributed by atoms with Crippen LogP contribution in [0, 0.1) is 0 Å². The average molecular weight is 332 g/mol. The molecule has 1 aromatic carbocycles. The van der Waals surface area contributed by atoms with E-state index in [2.05, 4.69) is 21.2 Å². The molecule has 0 spiro atoms. The first-order valence-corrected chi connectivity index (χ1v) is 7.28. The van der Waals surface area contributed by atoms with Crippen LogP contribution in [0.1, 0.15) is 25.8 Å². The molecule has 0 aliphatic carbocycles. The second-order valence-electron chi connectivity index (χ2n) is 4.21. The van der Waals surface area contributed by atoms with Crippen molar-refractivity contribution in [1.82, 2.24) is 5.32 Å². The second kappa shape index (κ2) is 8.40. The fraction of sp³-hybridized carbons (Fsp3) is 0.571. The second-order valence-corrected chi connectivity index (χ2v) is 5.07. The molecule has 1 atom stereocenters. The first kappa shape index (κ1) is 16.3. The van der Waals surface area contributed by atoms with E-state index in [1.165, 1.54) is 0 Å². The van der Waals surface area contributed by atoms with Crippen LogP contribution in [0.2, 0.25) is 0 Å². The first-order chi connectivity index (χ1) is 9.15. The Morgan fingerprint density at radius 2 is 2.11 bits per heavy atom. The van der Waals surface area contributed by atoms with Gasteiger partial charge in [-0.05, 0) is 47.0 Å². The summed E-state index contributed by atoms with van der Waals surface area (Å²) < 4.78 is 11.8. The molecule has 0 heterocycles. The molecule has 1 rings (SSSR count). The predicted molar refractivity (Wildman–Crippen MR) is 79.9 cm³/mol. The highest BCUT2D eigenvalue weighted by Gasteiger charge is 2.12. The minimum Gasteiger partial charge on any atom is -0.492 e. The molecule has 108 valence electrons. The first-order valence-electron chi connectivity index (χ1n) is 6.49. The summed E-state index contributed by atoms with van der Waals surface area (Å²) in [5.41, 5.74) is 1.09. The zero-order chi connectivity index (χ0) is 14.3. The van der Waals surface area contributed by atoms with E-state index in [9.17, 15) is 0 Å². The molecule has 0 radical (unpaired) electrons. The van der Waals surface area contributed by atoms with Crippen LogP contribution in [0.3, 0.4) is 0 Å². The molecule has 0 saturated carbocycles. The Bertz CT molecular complexity index is 395. The third-order valence-electron chi connectivity index (χ3n) is 2.88. The van der Waals surface area contributed by atoms with E-state index >= 15 is 0 Å². The van der Waals surface area contributed by atoms with Gasteiger partial charge in [0, 0.05) is 12.6 Å². The smallest absolute Gasteiger partial charge is 0.174 e. The number of ether oxygens (including phenoxy) is 2. The highest BCUT2D eigenvalue weighted by Crippen LogP contribution is 2.36. The van der Waals surface area contributed by atoms with Crippen LogP contribution >= 0.6 is 15.9 Å². The zero-order valence-corrected chi connectivity index (χ0v) is 13.3. The number of aliphatic hydroxyl groups excluding tert-OH is 1. The molecule has 1 aromatic rings. The number of halogens is 1. The molecule has 0 aromatic heterocycles. The summed E-state index contributed by atoms with van der Waals surface area (Å²) in [5, 5.41) is 12.5. The number of hydrogen-bond acceptors (Lipinski definition) is 4. The van der Waals surface area contributed by atoms with Crippen molar-refractivity contribution in [3.63, 3.8) is 0 Å². The van der Waals surface area contributed by atoms with E-state index in [0.29, 0.717) is 18.9 Å². The van der Waals surface area contributed by atoms with Gasteiger partial charge in [-0.15, -0.1) is 0 Å². The molecular formula is C14H22BrNO3. The zero-order valence-electron chi connectivity index (χ0n) is 11.7. The maximum atomic E-state index is 9.16. The predicted octanol–water partition coefficient (Wildman–Crippen LogP) is 2.72. The largest absolute Gasteiger partial charge is 0.492 e. The van der Waals surface area contributed by atoms with Crippen molar-refractivity contribution < 1.29 is 14.6 Å². The van der Waals surface area contributed by atoms with Crippen molar-refractivity contribution in [2.45, 2.75) is 32.9 Å². The van der Waals surface area contributed by atoms with Gasteiger partial charge in [0.1, 0.15) is 0 Å². The van der Waals surface area contributed by atoms with Crippen LogP contribution < -0.4 is 14.8 Å². The summed E-state index contributed by atoms with van der Waals surface area (Å²) in [6.07, 6.45) is 0.895. The summed E-state index contributed by atoms with van der Waals surface area (Å²) in [4.78, 5) is 0. The van der Waals surface area contributed by atoms with Crippen molar-refractivity contribution in [2.24, 2.45) is 0 Å². The van der Waals surface area contributed by atoms with Gasteiger partial charge in [-0.3, -0.25) is 0 Å². The van der Waals surface area contributed by atoms with E-state index in [1.54, 1.807) is 7.11 Å². The number of hydrogen-bond donors (Lipinski definition) is 2. The maximum absolute atomic E-state index is 9.16. The molecule has 0 fully saturated rings. The molecule has 19 heavy (non-hydrogen) atoms. The lowest BCUT2D eigenvalue weighted by Crippen LogP contribution is -2.31. The Morgan fingerprint density at radius 1 is 1.37 bits per heavy atom. The minimum atomic E-state index is 0.122. The quantitative estimate of drug-likeness (QED) is 0.769. The molecule has 0 bridgehead atoms. The Balaban J connectivity index is 2.84. The normalized spacial score (nSPS) is 12.3. The van der Waals surface area contributed by atoms with Crippen LogP contribution in [0.5, 0.6) is 11.5 Å². The van der Waals surface area contributed by atoms with Crippen LogP contribution in [0.25, 0.3) is 0 Å². The molecule has 0 aliphatic rings. The van der Waals surface area contributed by atoms with Gasteiger partial charge in [0.25, 0.3) is 0 Å². The summed E-state index contributed by atoms with van der Waals surface area (Å²) in [7, 11) is 1.62. The lowest BCUT2D eigenvalue weighted by atomic mass is 10.1. The van der Waals surface area contributed by atoms with Crippen molar-refractivity contribution >= 4 is 15.9 Å². The van der Waals surface area contributed by atoms with Crippen LogP contribution in [0.4, 0.5) is 0 Å².